The van der Waals surface area contributed by atoms with Gasteiger partial charge in [0, 0.05) is 18.0 Å². The van der Waals surface area contributed by atoms with Crippen LogP contribution >= 0.6 is 11.3 Å². The monoisotopic (exact) mass is 255 g/mol. The smallest absolute Gasteiger partial charge is 0.305 e. The summed E-state index contributed by atoms with van der Waals surface area (Å²) in [6.45, 7) is 2.45. The summed E-state index contributed by atoms with van der Waals surface area (Å²) in [6.07, 6.45) is 1.20. The van der Waals surface area contributed by atoms with E-state index < -0.39 is 5.97 Å². The number of rotatable bonds is 6. The van der Waals surface area contributed by atoms with E-state index in [2.05, 4.69) is 5.32 Å². The maximum Gasteiger partial charge on any atom is 0.305 e. The Balaban J connectivity index is 1.88. The van der Waals surface area contributed by atoms with Crippen LogP contribution in [0.5, 0.6) is 0 Å². The summed E-state index contributed by atoms with van der Waals surface area (Å²) in [7, 11) is 0. The number of carbonyl (C=O) groups is 1. The Bertz CT molecular complexity index is 347. The fourth-order valence-corrected chi connectivity index (χ4v) is 2.79. The molecule has 5 heteroatoms. The maximum absolute atomic E-state index is 10.8. The van der Waals surface area contributed by atoms with Crippen molar-refractivity contribution in [3.8, 4) is 0 Å². The van der Waals surface area contributed by atoms with Gasteiger partial charge in [-0.3, -0.25) is 4.79 Å². The number of ether oxygens (including phenoxy) is 1. The number of aliphatic carboxylic acids is 1. The van der Waals surface area contributed by atoms with Crippen molar-refractivity contribution in [1.29, 1.82) is 0 Å². The lowest BCUT2D eigenvalue weighted by Crippen LogP contribution is -2.28. The molecule has 1 aliphatic heterocycles. The summed E-state index contributed by atoms with van der Waals surface area (Å²) < 4.78 is 5.31. The van der Waals surface area contributed by atoms with Crippen molar-refractivity contribution in [2.24, 2.45) is 5.92 Å². The Hall–Kier alpha value is -0.910. The van der Waals surface area contributed by atoms with E-state index in [9.17, 15) is 4.79 Å². The standard InChI is InChI=1S/C12H17NO3S/c14-12(15)6-10(11-2-1-5-17-11)13-7-9-3-4-16-8-9/h1-2,5,9-10,13H,3-4,6-8H2,(H,14,15). The lowest BCUT2D eigenvalue weighted by atomic mass is 10.1. The largest absolute Gasteiger partial charge is 0.481 e. The molecule has 2 rings (SSSR count). The van der Waals surface area contributed by atoms with E-state index in [4.69, 9.17) is 9.84 Å². The number of carboxylic acids is 1. The Labute approximate surface area is 105 Å². The lowest BCUT2D eigenvalue weighted by Gasteiger charge is -2.17. The summed E-state index contributed by atoms with van der Waals surface area (Å²) in [5, 5.41) is 14.2. The van der Waals surface area contributed by atoms with Crippen LogP contribution in [-0.2, 0) is 9.53 Å². The molecule has 0 saturated carbocycles. The van der Waals surface area contributed by atoms with E-state index in [1.807, 2.05) is 17.5 Å². The zero-order chi connectivity index (χ0) is 12.1. The second-order valence-corrected chi connectivity index (χ2v) is 5.28. The van der Waals surface area contributed by atoms with E-state index in [1.165, 1.54) is 0 Å². The van der Waals surface area contributed by atoms with Gasteiger partial charge < -0.3 is 15.2 Å². The van der Waals surface area contributed by atoms with Crippen LogP contribution < -0.4 is 5.32 Å². The molecular weight excluding hydrogens is 238 g/mol. The second-order valence-electron chi connectivity index (χ2n) is 4.30. The average Bonchev–Trinajstić information content (AvgIpc) is 2.96. The molecule has 1 aromatic rings. The predicted octanol–water partition coefficient (Wildman–Crippen LogP) is 1.89. The van der Waals surface area contributed by atoms with Crippen molar-refractivity contribution in [2.75, 3.05) is 19.8 Å². The fourth-order valence-electron chi connectivity index (χ4n) is 1.99. The summed E-state index contributed by atoms with van der Waals surface area (Å²) in [6, 6.07) is 3.86. The van der Waals surface area contributed by atoms with Crippen molar-refractivity contribution < 1.29 is 14.6 Å². The van der Waals surface area contributed by atoms with Gasteiger partial charge in [-0.2, -0.15) is 0 Å². The number of carboxylic acid groups (broad SMARTS) is 1. The van der Waals surface area contributed by atoms with Gasteiger partial charge in [0.15, 0.2) is 0 Å². The molecule has 0 radical (unpaired) electrons. The first-order chi connectivity index (χ1) is 8.25. The Morgan fingerprint density at radius 3 is 3.18 bits per heavy atom. The molecule has 0 aliphatic carbocycles. The number of thiophene rings is 1. The molecule has 0 bridgehead atoms. The predicted molar refractivity (Wildman–Crippen MR) is 66.2 cm³/mol. The quantitative estimate of drug-likeness (QED) is 0.815. The van der Waals surface area contributed by atoms with E-state index in [0.717, 1.165) is 31.1 Å². The van der Waals surface area contributed by atoms with Gasteiger partial charge in [0.2, 0.25) is 0 Å². The highest BCUT2D eigenvalue weighted by Gasteiger charge is 2.20. The molecule has 1 saturated heterocycles. The number of hydrogen-bond donors (Lipinski definition) is 2. The summed E-state index contributed by atoms with van der Waals surface area (Å²) in [5.41, 5.74) is 0. The van der Waals surface area contributed by atoms with E-state index in [0.29, 0.717) is 5.92 Å². The number of hydrogen-bond acceptors (Lipinski definition) is 4. The average molecular weight is 255 g/mol. The molecule has 2 unspecified atom stereocenters. The summed E-state index contributed by atoms with van der Waals surface area (Å²) in [4.78, 5) is 11.9. The van der Waals surface area contributed by atoms with Crippen molar-refractivity contribution in [1.82, 2.24) is 5.32 Å². The van der Waals surface area contributed by atoms with Gasteiger partial charge in [-0.05, 0) is 23.8 Å². The van der Waals surface area contributed by atoms with Crippen LogP contribution in [-0.4, -0.2) is 30.8 Å². The molecule has 2 N–H and O–H groups in total. The van der Waals surface area contributed by atoms with E-state index in [1.54, 1.807) is 11.3 Å². The highest BCUT2D eigenvalue weighted by atomic mass is 32.1. The van der Waals surface area contributed by atoms with Gasteiger partial charge in [-0.25, -0.2) is 0 Å². The summed E-state index contributed by atoms with van der Waals surface area (Å²) >= 11 is 1.60. The third-order valence-corrected chi connectivity index (χ3v) is 3.93. The first-order valence-electron chi connectivity index (χ1n) is 5.82. The van der Waals surface area contributed by atoms with Crippen LogP contribution in [0, 0.1) is 5.92 Å². The molecule has 0 spiro atoms. The Morgan fingerprint density at radius 1 is 1.71 bits per heavy atom. The Kier molecular flexibility index (Phi) is 4.53. The minimum atomic E-state index is -0.765. The van der Waals surface area contributed by atoms with Crippen molar-refractivity contribution in [3.63, 3.8) is 0 Å². The SMILES string of the molecule is O=C(O)CC(NCC1CCOC1)c1cccs1. The molecule has 1 fully saturated rings. The molecule has 0 aromatic carbocycles. The van der Waals surface area contributed by atoms with Crippen LogP contribution in [0.3, 0.4) is 0 Å². The minimum Gasteiger partial charge on any atom is -0.481 e. The lowest BCUT2D eigenvalue weighted by molar-refractivity contribution is -0.137. The zero-order valence-corrected chi connectivity index (χ0v) is 10.4. The molecule has 1 aromatic heterocycles. The maximum atomic E-state index is 10.8. The third-order valence-electron chi connectivity index (χ3n) is 2.94. The fraction of sp³-hybridized carbons (Fsp3) is 0.583. The van der Waals surface area contributed by atoms with Gasteiger partial charge in [-0.1, -0.05) is 6.07 Å². The van der Waals surface area contributed by atoms with Gasteiger partial charge in [-0.15, -0.1) is 11.3 Å². The first-order valence-corrected chi connectivity index (χ1v) is 6.70. The molecular formula is C12H17NO3S. The van der Waals surface area contributed by atoms with E-state index in [-0.39, 0.29) is 12.5 Å². The van der Waals surface area contributed by atoms with Gasteiger partial charge in [0.1, 0.15) is 0 Å². The first kappa shape index (κ1) is 12.5. The highest BCUT2D eigenvalue weighted by molar-refractivity contribution is 7.10. The Morgan fingerprint density at radius 2 is 2.59 bits per heavy atom. The van der Waals surface area contributed by atoms with Crippen molar-refractivity contribution in [3.05, 3.63) is 22.4 Å². The molecule has 94 valence electrons. The molecule has 4 nitrogen and oxygen atoms in total. The van der Waals surface area contributed by atoms with Gasteiger partial charge >= 0.3 is 5.97 Å². The van der Waals surface area contributed by atoms with E-state index >= 15 is 0 Å². The third kappa shape index (κ3) is 3.80. The van der Waals surface area contributed by atoms with Crippen LogP contribution in [0.4, 0.5) is 0 Å². The highest BCUT2D eigenvalue weighted by Crippen LogP contribution is 2.23. The molecule has 17 heavy (non-hydrogen) atoms. The number of nitrogens with one attached hydrogen (secondary N) is 1. The normalized spacial score (nSPS) is 21.5. The molecule has 0 amide bonds. The molecule has 1 aliphatic rings. The topological polar surface area (TPSA) is 58.6 Å². The summed E-state index contributed by atoms with van der Waals surface area (Å²) in [5.74, 6) is -0.246. The van der Waals surface area contributed by atoms with Crippen LogP contribution in [0.15, 0.2) is 17.5 Å². The van der Waals surface area contributed by atoms with Crippen LogP contribution in [0.1, 0.15) is 23.8 Å². The minimum absolute atomic E-state index is 0.0758. The molecule has 2 heterocycles. The van der Waals surface area contributed by atoms with Crippen molar-refractivity contribution >= 4 is 17.3 Å². The van der Waals surface area contributed by atoms with Crippen LogP contribution in [0.2, 0.25) is 0 Å². The molecule has 2 atom stereocenters. The van der Waals surface area contributed by atoms with Crippen molar-refractivity contribution in [2.45, 2.75) is 18.9 Å². The van der Waals surface area contributed by atoms with Gasteiger partial charge in [0.25, 0.3) is 0 Å². The van der Waals surface area contributed by atoms with Crippen LogP contribution in [0.25, 0.3) is 0 Å². The zero-order valence-electron chi connectivity index (χ0n) is 9.59. The van der Waals surface area contributed by atoms with Gasteiger partial charge in [0.05, 0.1) is 19.1 Å². The second kappa shape index (κ2) is 6.14.